The van der Waals surface area contributed by atoms with Crippen molar-refractivity contribution in [1.29, 1.82) is 0 Å². The van der Waals surface area contributed by atoms with Crippen molar-refractivity contribution in [1.82, 2.24) is 0 Å². The standard InChI is InChI=1S/C13H13OS/c1-8-13(14)12-10-6-4-3-5-9(10)7-11(12)15(8)2/h3-6,8H,7H2,1-2H3/q+1. The Morgan fingerprint density at radius 1 is 1.33 bits per heavy atom. The van der Waals surface area contributed by atoms with Crippen LogP contribution in [0.2, 0.25) is 0 Å². The average molecular weight is 217 g/mol. The van der Waals surface area contributed by atoms with Crippen LogP contribution >= 0.6 is 0 Å². The number of hydrogen-bond acceptors (Lipinski definition) is 1. The smallest absolute Gasteiger partial charge is 0.220 e. The molecule has 0 saturated heterocycles. The van der Waals surface area contributed by atoms with Gasteiger partial charge in [0.15, 0.2) is 5.25 Å². The largest absolute Gasteiger partial charge is 0.288 e. The van der Waals surface area contributed by atoms with Gasteiger partial charge in [-0.1, -0.05) is 24.3 Å². The second-order valence-electron chi connectivity index (χ2n) is 4.20. The zero-order valence-electron chi connectivity index (χ0n) is 8.91. The molecule has 1 heterocycles. The van der Waals surface area contributed by atoms with Crippen LogP contribution in [0.3, 0.4) is 0 Å². The van der Waals surface area contributed by atoms with Gasteiger partial charge in [-0.15, -0.1) is 0 Å². The SMILES string of the molecule is CC1C(=O)C2=C(Cc3ccccc32)[S+]1C. The summed E-state index contributed by atoms with van der Waals surface area (Å²) in [7, 11) is 0.151. The predicted octanol–water partition coefficient (Wildman–Crippen LogP) is 2.17. The number of hydrogen-bond donors (Lipinski definition) is 0. The van der Waals surface area contributed by atoms with Gasteiger partial charge in [0.25, 0.3) is 0 Å². The first-order chi connectivity index (χ1) is 7.20. The lowest BCUT2D eigenvalue weighted by atomic mass is 10.0. The Bertz CT molecular complexity index is 487. The number of allylic oxidation sites excluding steroid dienone is 2. The predicted molar refractivity (Wildman–Crippen MR) is 64.8 cm³/mol. The Morgan fingerprint density at radius 2 is 2.07 bits per heavy atom. The summed E-state index contributed by atoms with van der Waals surface area (Å²) in [5.41, 5.74) is 3.58. The van der Waals surface area contributed by atoms with Gasteiger partial charge in [0, 0.05) is 17.3 Å². The first-order valence-corrected chi connectivity index (χ1v) is 6.90. The van der Waals surface area contributed by atoms with Gasteiger partial charge >= 0.3 is 0 Å². The van der Waals surface area contributed by atoms with Gasteiger partial charge in [-0.05, 0) is 18.1 Å². The molecule has 0 bridgehead atoms. The van der Waals surface area contributed by atoms with Crippen molar-refractivity contribution in [2.75, 3.05) is 6.26 Å². The maximum atomic E-state index is 12.1. The van der Waals surface area contributed by atoms with Gasteiger partial charge in [-0.3, -0.25) is 4.79 Å². The van der Waals surface area contributed by atoms with E-state index in [9.17, 15) is 4.79 Å². The molecule has 1 nitrogen and oxygen atoms in total. The van der Waals surface area contributed by atoms with Gasteiger partial charge < -0.3 is 0 Å². The lowest BCUT2D eigenvalue weighted by Gasteiger charge is -2.05. The Hall–Kier alpha value is -1.02. The average Bonchev–Trinajstić information content (AvgIpc) is 2.72. The van der Waals surface area contributed by atoms with E-state index in [0.29, 0.717) is 5.78 Å². The van der Waals surface area contributed by atoms with E-state index in [-0.39, 0.29) is 16.1 Å². The zero-order valence-corrected chi connectivity index (χ0v) is 9.73. The van der Waals surface area contributed by atoms with E-state index in [4.69, 9.17) is 0 Å². The van der Waals surface area contributed by atoms with Crippen LogP contribution in [0.25, 0.3) is 5.57 Å². The molecule has 0 amide bonds. The molecule has 2 unspecified atom stereocenters. The molecule has 0 fully saturated rings. The molecule has 15 heavy (non-hydrogen) atoms. The van der Waals surface area contributed by atoms with E-state index >= 15 is 0 Å². The van der Waals surface area contributed by atoms with E-state index < -0.39 is 0 Å². The minimum atomic E-state index is 0.151. The third kappa shape index (κ3) is 1.08. The topological polar surface area (TPSA) is 17.1 Å². The summed E-state index contributed by atoms with van der Waals surface area (Å²) in [5, 5.41) is 0.211. The van der Waals surface area contributed by atoms with Crippen molar-refractivity contribution in [2.45, 2.75) is 18.6 Å². The number of carbonyl (C=O) groups excluding carboxylic acids is 1. The van der Waals surface area contributed by atoms with Gasteiger partial charge in [-0.25, -0.2) is 0 Å². The number of fused-ring (bicyclic) bond motifs is 2. The molecule has 0 aromatic heterocycles. The molecule has 0 radical (unpaired) electrons. The quantitative estimate of drug-likeness (QED) is 0.609. The van der Waals surface area contributed by atoms with Gasteiger partial charge in [-0.2, -0.15) is 0 Å². The molecule has 76 valence electrons. The van der Waals surface area contributed by atoms with Crippen molar-refractivity contribution >= 4 is 22.3 Å². The molecule has 0 spiro atoms. The highest BCUT2D eigenvalue weighted by atomic mass is 32.2. The highest BCUT2D eigenvalue weighted by Crippen LogP contribution is 2.43. The van der Waals surface area contributed by atoms with Crippen LogP contribution in [0, 0.1) is 0 Å². The maximum Gasteiger partial charge on any atom is 0.220 e. The summed E-state index contributed by atoms with van der Waals surface area (Å²) >= 11 is 0. The van der Waals surface area contributed by atoms with Crippen LogP contribution < -0.4 is 0 Å². The molecular formula is C13H13OS+. The van der Waals surface area contributed by atoms with Crippen LogP contribution in [0.15, 0.2) is 29.2 Å². The van der Waals surface area contributed by atoms with Crippen LogP contribution in [0.5, 0.6) is 0 Å². The van der Waals surface area contributed by atoms with Gasteiger partial charge in [0.1, 0.15) is 11.2 Å². The second kappa shape index (κ2) is 2.99. The Balaban J connectivity index is 2.19. The molecule has 0 N–H and O–H groups in total. The fourth-order valence-electron chi connectivity index (χ4n) is 2.45. The number of ketones is 1. The second-order valence-corrected chi connectivity index (χ2v) is 6.51. The van der Waals surface area contributed by atoms with E-state index in [1.165, 1.54) is 16.0 Å². The lowest BCUT2D eigenvalue weighted by molar-refractivity contribution is -0.112. The first-order valence-electron chi connectivity index (χ1n) is 5.20. The minimum Gasteiger partial charge on any atom is -0.288 e. The van der Waals surface area contributed by atoms with Crippen LogP contribution in [0.4, 0.5) is 0 Å². The van der Waals surface area contributed by atoms with Crippen molar-refractivity contribution < 1.29 is 4.79 Å². The minimum absolute atomic E-state index is 0.151. The number of carbonyl (C=O) groups is 1. The number of rotatable bonds is 0. The third-order valence-electron chi connectivity index (χ3n) is 3.45. The molecule has 2 heteroatoms. The zero-order chi connectivity index (χ0) is 10.6. The molecular weight excluding hydrogens is 204 g/mol. The van der Waals surface area contributed by atoms with E-state index in [1.807, 2.05) is 6.07 Å². The summed E-state index contributed by atoms with van der Waals surface area (Å²) in [6, 6.07) is 8.31. The van der Waals surface area contributed by atoms with Crippen molar-refractivity contribution in [3.05, 3.63) is 40.3 Å². The first kappa shape index (κ1) is 9.22. The molecule has 2 atom stereocenters. The molecule has 3 rings (SSSR count). The number of benzene rings is 1. The Morgan fingerprint density at radius 3 is 2.87 bits per heavy atom. The number of Topliss-reactive ketones (excluding diaryl/α,β-unsaturated/α-hetero) is 1. The maximum absolute atomic E-state index is 12.1. The summed E-state index contributed by atoms with van der Waals surface area (Å²) in [6.07, 6.45) is 3.21. The monoisotopic (exact) mass is 217 g/mol. The molecule has 0 saturated carbocycles. The third-order valence-corrected chi connectivity index (χ3v) is 5.85. The Labute approximate surface area is 92.5 Å². The summed E-state index contributed by atoms with van der Waals surface area (Å²) in [4.78, 5) is 13.5. The highest BCUT2D eigenvalue weighted by Gasteiger charge is 2.48. The van der Waals surface area contributed by atoms with Crippen LogP contribution in [0.1, 0.15) is 18.1 Å². The molecule has 1 aromatic rings. The lowest BCUT2D eigenvalue weighted by Crippen LogP contribution is -2.21. The summed E-state index contributed by atoms with van der Waals surface area (Å²) in [6.45, 7) is 2.06. The fraction of sp³-hybridized carbons (Fsp3) is 0.308. The van der Waals surface area contributed by atoms with E-state index in [0.717, 1.165) is 12.0 Å². The van der Waals surface area contributed by atoms with Gasteiger partial charge in [0.05, 0.1) is 5.57 Å². The summed E-state index contributed by atoms with van der Waals surface area (Å²) in [5.74, 6) is 0.362. The Kier molecular flexibility index (Phi) is 1.84. The van der Waals surface area contributed by atoms with Gasteiger partial charge in [0.2, 0.25) is 5.78 Å². The van der Waals surface area contributed by atoms with Crippen molar-refractivity contribution in [3.8, 4) is 0 Å². The van der Waals surface area contributed by atoms with E-state index in [2.05, 4.69) is 31.4 Å². The van der Waals surface area contributed by atoms with Crippen LogP contribution in [-0.2, 0) is 22.1 Å². The summed E-state index contributed by atoms with van der Waals surface area (Å²) < 4.78 is 0. The van der Waals surface area contributed by atoms with Crippen molar-refractivity contribution in [3.63, 3.8) is 0 Å². The fourth-order valence-corrected chi connectivity index (χ4v) is 4.23. The molecule has 2 aliphatic rings. The van der Waals surface area contributed by atoms with Crippen molar-refractivity contribution in [2.24, 2.45) is 0 Å². The van der Waals surface area contributed by atoms with Crippen LogP contribution in [-0.4, -0.2) is 17.3 Å². The van der Waals surface area contributed by atoms with E-state index in [1.54, 1.807) is 0 Å². The molecule has 1 aromatic carbocycles. The molecule has 1 aliphatic carbocycles. The highest BCUT2D eigenvalue weighted by molar-refractivity contribution is 8.02. The normalized spacial score (nSPS) is 28.3. The molecule has 1 aliphatic heterocycles.